The van der Waals surface area contributed by atoms with Crippen LogP contribution < -0.4 is 0 Å². The molecule has 0 aliphatic heterocycles. The molecule has 1 aliphatic carbocycles. The normalized spacial score (nSPS) is 14.5. The summed E-state index contributed by atoms with van der Waals surface area (Å²) >= 11 is 1.66. The van der Waals surface area contributed by atoms with E-state index in [2.05, 4.69) is 0 Å². The van der Waals surface area contributed by atoms with Gasteiger partial charge in [0.2, 0.25) is 11.8 Å². The zero-order valence-electron chi connectivity index (χ0n) is 17.4. The van der Waals surface area contributed by atoms with E-state index in [9.17, 15) is 14.0 Å². The third-order valence-electron chi connectivity index (χ3n) is 5.42. The van der Waals surface area contributed by atoms with Crippen LogP contribution in [0.5, 0.6) is 0 Å². The first-order valence-corrected chi connectivity index (χ1v) is 11.1. The highest BCUT2D eigenvalue weighted by Gasteiger charge is 2.36. The Hall–Kier alpha value is -2.21. The van der Waals surface area contributed by atoms with Crippen molar-refractivity contribution < 1.29 is 14.0 Å². The van der Waals surface area contributed by atoms with E-state index in [-0.39, 0.29) is 36.1 Å². The number of carbonyl (C=O) groups excluding carboxylic acids is 2. The Labute approximate surface area is 176 Å². The first kappa shape index (κ1) is 21.5. The van der Waals surface area contributed by atoms with Gasteiger partial charge >= 0.3 is 0 Å². The minimum Gasteiger partial charge on any atom is -0.332 e. The fraction of sp³-hybridized carbons (Fsp3) is 0.478. The summed E-state index contributed by atoms with van der Waals surface area (Å²) < 4.78 is 13.3. The summed E-state index contributed by atoms with van der Waals surface area (Å²) in [7, 11) is 0. The average Bonchev–Trinajstić information content (AvgIpc) is 3.48. The SMILES string of the molecule is CCC(C)N(CC(=O)N(Cc1ccc(F)cc1)Cc1ccc(C)s1)C(=O)C1CC1. The summed E-state index contributed by atoms with van der Waals surface area (Å²) in [6.45, 7) is 7.05. The summed E-state index contributed by atoms with van der Waals surface area (Å²) in [6, 6.07) is 10.3. The van der Waals surface area contributed by atoms with Gasteiger partial charge in [0, 0.05) is 28.3 Å². The zero-order chi connectivity index (χ0) is 21.0. The molecule has 1 atom stereocenters. The molecule has 1 aromatic heterocycles. The van der Waals surface area contributed by atoms with Crippen LogP contribution >= 0.6 is 11.3 Å². The van der Waals surface area contributed by atoms with Gasteiger partial charge in [-0.15, -0.1) is 11.3 Å². The number of amides is 2. The summed E-state index contributed by atoms with van der Waals surface area (Å²) in [4.78, 5) is 31.8. The Bertz CT molecular complexity index is 845. The van der Waals surface area contributed by atoms with Crippen LogP contribution in [0.25, 0.3) is 0 Å². The van der Waals surface area contributed by atoms with Crippen LogP contribution in [0.1, 0.15) is 48.4 Å². The zero-order valence-corrected chi connectivity index (χ0v) is 18.2. The molecule has 29 heavy (non-hydrogen) atoms. The predicted octanol–water partition coefficient (Wildman–Crippen LogP) is 4.76. The maximum Gasteiger partial charge on any atom is 0.242 e. The summed E-state index contributed by atoms with van der Waals surface area (Å²) in [6.07, 6.45) is 2.66. The van der Waals surface area contributed by atoms with Gasteiger partial charge in [-0.1, -0.05) is 19.1 Å². The first-order chi connectivity index (χ1) is 13.9. The highest BCUT2D eigenvalue weighted by molar-refractivity contribution is 7.11. The maximum atomic E-state index is 13.3. The molecule has 2 amide bonds. The second-order valence-corrected chi connectivity index (χ2v) is 9.26. The highest BCUT2D eigenvalue weighted by atomic mass is 32.1. The number of halogens is 1. The van der Waals surface area contributed by atoms with Crippen molar-refractivity contribution in [1.82, 2.24) is 9.80 Å². The van der Waals surface area contributed by atoms with Crippen molar-refractivity contribution in [3.63, 3.8) is 0 Å². The molecule has 0 N–H and O–H groups in total. The largest absolute Gasteiger partial charge is 0.332 e. The molecule has 0 bridgehead atoms. The molecule has 0 spiro atoms. The maximum absolute atomic E-state index is 13.3. The molecule has 1 fully saturated rings. The lowest BCUT2D eigenvalue weighted by atomic mass is 10.1. The van der Waals surface area contributed by atoms with E-state index >= 15 is 0 Å². The molecule has 1 aliphatic rings. The summed E-state index contributed by atoms with van der Waals surface area (Å²) in [5.74, 6) is -0.183. The van der Waals surface area contributed by atoms with E-state index in [4.69, 9.17) is 0 Å². The van der Waals surface area contributed by atoms with Gasteiger partial charge in [-0.25, -0.2) is 4.39 Å². The van der Waals surface area contributed by atoms with E-state index in [0.29, 0.717) is 13.1 Å². The second kappa shape index (κ2) is 9.53. The highest BCUT2D eigenvalue weighted by Crippen LogP contribution is 2.32. The third-order valence-corrected chi connectivity index (χ3v) is 6.41. The van der Waals surface area contributed by atoms with E-state index < -0.39 is 0 Å². The molecule has 1 saturated carbocycles. The molecule has 6 heteroatoms. The van der Waals surface area contributed by atoms with Crippen LogP contribution in [0.4, 0.5) is 4.39 Å². The number of hydrogen-bond donors (Lipinski definition) is 0. The predicted molar refractivity (Wildman–Crippen MR) is 114 cm³/mol. The number of benzene rings is 1. The van der Waals surface area contributed by atoms with Gasteiger partial charge in [0.25, 0.3) is 0 Å². The van der Waals surface area contributed by atoms with E-state index in [1.807, 2.05) is 32.9 Å². The van der Waals surface area contributed by atoms with Crippen molar-refractivity contribution in [1.29, 1.82) is 0 Å². The van der Waals surface area contributed by atoms with E-state index in [1.54, 1.807) is 33.3 Å². The number of thiophene rings is 1. The molecular weight excluding hydrogens is 387 g/mol. The van der Waals surface area contributed by atoms with E-state index in [1.165, 1.54) is 17.0 Å². The van der Waals surface area contributed by atoms with Crippen molar-refractivity contribution in [3.8, 4) is 0 Å². The number of carbonyl (C=O) groups is 2. The molecule has 2 aromatic rings. The Morgan fingerprint density at radius 2 is 1.83 bits per heavy atom. The molecule has 1 unspecified atom stereocenters. The number of aryl methyl sites for hydroxylation is 1. The Kier molecular flexibility index (Phi) is 7.06. The molecule has 0 radical (unpaired) electrons. The van der Waals surface area contributed by atoms with E-state index in [0.717, 1.165) is 29.7 Å². The van der Waals surface area contributed by atoms with Crippen molar-refractivity contribution in [3.05, 3.63) is 57.5 Å². The van der Waals surface area contributed by atoms with Crippen LogP contribution in [0, 0.1) is 18.7 Å². The lowest BCUT2D eigenvalue weighted by molar-refractivity contribution is -0.143. The topological polar surface area (TPSA) is 40.6 Å². The molecular formula is C23H29FN2O2S. The fourth-order valence-electron chi connectivity index (χ4n) is 3.28. The number of nitrogens with zero attached hydrogens (tertiary/aromatic N) is 2. The fourth-order valence-corrected chi connectivity index (χ4v) is 4.19. The number of rotatable bonds is 9. The average molecular weight is 417 g/mol. The smallest absolute Gasteiger partial charge is 0.242 e. The molecule has 3 rings (SSSR count). The molecule has 4 nitrogen and oxygen atoms in total. The summed E-state index contributed by atoms with van der Waals surface area (Å²) in [5, 5.41) is 0. The van der Waals surface area contributed by atoms with Crippen LogP contribution in [0.3, 0.4) is 0 Å². The summed E-state index contributed by atoms with van der Waals surface area (Å²) in [5.41, 5.74) is 0.872. The first-order valence-electron chi connectivity index (χ1n) is 10.3. The van der Waals surface area contributed by atoms with Gasteiger partial charge in [0.15, 0.2) is 0 Å². The molecule has 156 valence electrons. The number of hydrogen-bond acceptors (Lipinski definition) is 3. The quantitative estimate of drug-likeness (QED) is 0.591. The minimum atomic E-state index is -0.293. The monoisotopic (exact) mass is 416 g/mol. The van der Waals surface area contributed by atoms with Gasteiger partial charge in [0.1, 0.15) is 12.4 Å². The van der Waals surface area contributed by atoms with Crippen molar-refractivity contribution in [2.24, 2.45) is 5.92 Å². The third kappa shape index (κ3) is 5.89. The van der Waals surface area contributed by atoms with Gasteiger partial charge in [-0.2, -0.15) is 0 Å². The standard InChI is InChI=1S/C23H29FN2O2S/c1-4-16(2)26(23(28)19-8-9-19)15-22(27)25(14-21-12-5-17(3)29-21)13-18-6-10-20(24)11-7-18/h5-7,10-12,16,19H,4,8-9,13-15H2,1-3H3. The van der Waals surface area contributed by atoms with Gasteiger partial charge in [-0.3, -0.25) is 9.59 Å². The van der Waals surface area contributed by atoms with Crippen LogP contribution in [-0.2, 0) is 22.7 Å². The van der Waals surface area contributed by atoms with Crippen LogP contribution in [0.2, 0.25) is 0 Å². The Morgan fingerprint density at radius 1 is 1.14 bits per heavy atom. The van der Waals surface area contributed by atoms with Gasteiger partial charge in [0.05, 0.1) is 6.54 Å². The second-order valence-electron chi connectivity index (χ2n) is 7.89. The molecule has 0 saturated heterocycles. The minimum absolute atomic E-state index is 0.0312. The molecule has 1 heterocycles. The molecule has 1 aromatic carbocycles. The Morgan fingerprint density at radius 3 is 2.38 bits per heavy atom. The Balaban J connectivity index is 1.77. The van der Waals surface area contributed by atoms with Crippen molar-refractivity contribution in [2.75, 3.05) is 6.54 Å². The van der Waals surface area contributed by atoms with Gasteiger partial charge in [-0.05, 0) is 62.9 Å². The van der Waals surface area contributed by atoms with Crippen molar-refractivity contribution in [2.45, 2.75) is 59.2 Å². The lowest BCUT2D eigenvalue weighted by Crippen LogP contribution is -2.46. The van der Waals surface area contributed by atoms with Gasteiger partial charge < -0.3 is 9.80 Å². The van der Waals surface area contributed by atoms with Crippen LogP contribution in [-0.4, -0.2) is 34.2 Å². The lowest BCUT2D eigenvalue weighted by Gasteiger charge is -2.31. The van der Waals surface area contributed by atoms with Crippen LogP contribution in [0.15, 0.2) is 36.4 Å². The van der Waals surface area contributed by atoms with Crippen molar-refractivity contribution >= 4 is 23.2 Å².